The molecule has 1 atom stereocenters. The molecule has 1 amide bonds. The highest BCUT2D eigenvalue weighted by Gasteiger charge is 2.12. The minimum absolute atomic E-state index is 0.0863. The van der Waals surface area contributed by atoms with Crippen LogP contribution < -0.4 is 5.32 Å². The minimum atomic E-state index is -0.832. The van der Waals surface area contributed by atoms with Crippen molar-refractivity contribution in [3.8, 4) is 0 Å². The number of aliphatic hydroxyl groups excluding tert-OH is 1. The number of ether oxygens (including phenoxy) is 2. The lowest BCUT2D eigenvalue weighted by Gasteiger charge is -2.08. The van der Waals surface area contributed by atoms with Crippen molar-refractivity contribution in [2.24, 2.45) is 0 Å². The maximum Gasteiger partial charge on any atom is 0.413 e. The highest BCUT2D eigenvalue weighted by atomic mass is 32.1. The monoisotopic (exact) mass is 300 g/mol. The standard InChI is InChI=1S/C12H16N2O5S/c1-3-4-18-12(17)14-11-13-9(7-20-11)5-10(16)6-19-8(2)15/h3,7,10,16H,1,4-6H2,2H3,(H,13,14,17). The van der Waals surface area contributed by atoms with Gasteiger partial charge in [-0.1, -0.05) is 12.7 Å². The summed E-state index contributed by atoms with van der Waals surface area (Å²) >= 11 is 1.21. The first-order valence-electron chi connectivity index (χ1n) is 5.81. The second kappa shape index (κ2) is 8.28. The molecule has 2 N–H and O–H groups in total. The van der Waals surface area contributed by atoms with Gasteiger partial charge < -0.3 is 14.6 Å². The fourth-order valence-corrected chi connectivity index (χ4v) is 1.94. The molecule has 20 heavy (non-hydrogen) atoms. The molecule has 0 spiro atoms. The van der Waals surface area contributed by atoms with Gasteiger partial charge in [0.15, 0.2) is 5.13 Å². The summed E-state index contributed by atoms with van der Waals surface area (Å²) in [7, 11) is 0. The van der Waals surface area contributed by atoms with Gasteiger partial charge in [0.1, 0.15) is 13.2 Å². The summed E-state index contributed by atoms with van der Waals surface area (Å²) in [6.45, 7) is 4.72. The van der Waals surface area contributed by atoms with Crippen LogP contribution in [0.4, 0.5) is 9.93 Å². The number of anilines is 1. The molecule has 1 aromatic rings. The van der Waals surface area contributed by atoms with Crippen LogP contribution in [-0.2, 0) is 20.7 Å². The number of carbonyl (C=O) groups excluding carboxylic acids is 2. The Morgan fingerprint density at radius 3 is 3.00 bits per heavy atom. The van der Waals surface area contributed by atoms with Crippen LogP contribution >= 0.6 is 11.3 Å². The van der Waals surface area contributed by atoms with Crippen molar-refractivity contribution in [3.63, 3.8) is 0 Å². The predicted molar refractivity (Wildman–Crippen MR) is 73.6 cm³/mol. The fraction of sp³-hybridized carbons (Fsp3) is 0.417. The Labute approximate surface area is 120 Å². The molecule has 110 valence electrons. The van der Waals surface area contributed by atoms with Gasteiger partial charge in [-0.2, -0.15) is 0 Å². The van der Waals surface area contributed by atoms with E-state index in [4.69, 9.17) is 4.74 Å². The van der Waals surface area contributed by atoms with E-state index in [1.54, 1.807) is 5.38 Å². The smallest absolute Gasteiger partial charge is 0.413 e. The van der Waals surface area contributed by atoms with Gasteiger partial charge in [-0.05, 0) is 0 Å². The average Bonchev–Trinajstić information content (AvgIpc) is 2.81. The third kappa shape index (κ3) is 6.30. The Balaban J connectivity index is 2.40. The minimum Gasteiger partial charge on any atom is -0.463 e. The van der Waals surface area contributed by atoms with Gasteiger partial charge in [0.05, 0.1) is 11.8 Å². The number of thiazole rings is 1. The quantitative estimate of drug-likeness (QED) is 0.582. The molecule has 0 saturated heterocycles. The molecule has 0 aromatic carbocycles. The third-order valence-electron chi connectivity index (χ3n) is 2.02. The van der Waals surface area contributed by atoms with Crippen molar-refractivity contribution in [2.45, 2.75) is 19.4 Å². The molecule has 0 radical (unpaired) electrons. The highest BCUT2D eigenvalue weighted by Crippen LogP contribution is 2.16. The number of hydrogen-bond acceptors (Lipinski definition) is 7. The summed E-state index contributed by atoms with van der Waals surface area (Å²) in [6.07, 6.45) is 0.235. The van der Waals surface area contributed by atoms with Crippen molar-refractivity contribution >= 4 is 28.5 Å². The van der Waals surface area contributed by atoms with E-state index in [9.17, 15) is 14.7 Å². The van der Waals surface area contributed by atoms with E-state index < -0.39 is 18.2 Å². The topological polar surface area (TPSA) is 97.8 Å². The largest absolute Gasteiger partial charge is 0.463 e. The molecule has 0 aliphatic carbocycles. The Morgan fingerprint density at radius 1 is 1.60 bits per heavy atom. The van der Waals surface area contributed by atoms with Crippen molar-refractivity contribution in [2.75, 3.05) is 18.5 Å². The van der Waals surface area contributed by atoms with E-state index in [0.29, 0.717) is 10.8 Å². The van der Waals surface area contributed by atoms with Gasteiger partial charge in [0.2, 0.25) is 0 Å². The fourth-order valence-electron chi connectivity index (χ4n) is 1.23. The number of hydrogen-bond donors (Lipinski definition) is 2. The third-order valence-corrected chi connectivity index (χ3v) is 2.82. The van der Waals surface area contributed by atoms with Crippen LogP contribution in [0.5, 0.6) is 0 Å². The molecule has 1 aromatic heterocycles. The molecule has 0 aliphatic rings. The molecule has 0 saturated carbocycles. The zero-order valence-corrected chi connectivity index (χ0v) is 11.8. The van der Waals surface area contributed by atoms with E-state index in [-0.39, 0.29) is 19.6 Å². The van der Waals surface area contributed by atoms with Crippen LogP contribution in [0.3, 0.4) is 0 Å². The van der Waals surface area contributed by atoms with Crippen LogP contribution in [0.25, 0.3) is 0 Å². The maximum atomic E-state index is 11.3. The first-order valence-corrected chi connectivity index (χ1v) is 6.69. The number of aromatic nitrogens is 1. The summed E-state index contributed by atoms with van der Waals surface area (Å²) < 4.78 is 9.42. The molecule has 0 bridgehead atoms. The predicted octanol–water partition coefficient (Wildman–Crippen LogP) is 1.34. The lowest BCUT2D eigenvalue weighted by Crippen LogP contribution is -2.20. The molecule has 7 nitrogen and oxygen atoms in total. The lowest BCUT2D eigenvalue weighted by atomic mass is 10.2. The summed E-state index contributed by atoms with van der Waals surface area (Å²) in [5.74, 6) is -0.449. The first-order chi connectivity index (χ1) is 9.51. The highest BCUT2D eigenvalue weighted by molar-refractivity contribution is 7.13. The molecule has 0 aliphatic heterocycles. The van der Waals surface area contributed by atoms with Crippen molar-refractivity contribution in [3.05, 3.63) is 23.7 Å². The van der Waals surface area contributed by atoms with Gasteiger partial charge in [-0.15, -0.1) is 11.3 Å². The van der Waals surface area contributed by atoms with Gasteiger partial charge in [-0.3, -0.25) is 10.1 Å². The van der Waals surface area contributed by atoms with E-state index in [0.717, 1.165) is 0 Å². The second-order valence-electron chi connectivity index (χ2n) is 3.82. The molecule has 0 fully saturated rings. The van der Waals surface area contributed by atoms with E-state index >= 15 is 0 Å². The van der Waals surface area contributed by atoms with Gasteiger partial charge >= 0.3 is 12.1 Å². The summed E-state index contributed by atoms with van der Waals surface area (Å²) in [5.41, 5.74) is 0.591. The Kier molecular flexibility index (Phi) is 6.68. The Hall–Kier alpha value is -1.93. The second-order valence-corrected chi connectivity index (χ2v) is 4.67. The van der Waals surface area contributed by atoms with Crippen molar-refractivity contribution < 1.29 is 24.2 Å². The zero-order valence-electron chi connectivity index (χ0n) is 11.0. The Morgan fingerprint density at radius 2 is 2.35 bits per heavy atom. The van der Waals surface area contributed by atoms with Crippen LogP contribution in [0.15, 0.2) is 18.0 Å². The van der Waals surface area contributed by atoms with Gasteiger partial charge in [0, 0.05) is 18.7 Å². The number of nitrogens with zero attached hydrogens (tertiary/aromatic N) is 1. The number of carbonyl (C=O) groups is 2. The lowest BCUT2D eigenvalue weighted by molar-refractivity contribution is -0.143. The average molecular weight is 300 g/mol. The van der Waals surface area contributed by atoms with Crippen LogP contribution in [0.2, 0.25) is 0 Å². The van der Waals surface area contributed by atoms with Crippen LogP contribution in [-0.4, -0.2) is 41.5 Å². The molecular weight excluding hydrogens is 284 g/mol. The summed E-state index contributed by atoms with van der Waals surface area (Å²) in [4.78, 5) is 26.0. The van der Waals surface area contributed by atoms with Crippen LogP contribution in [0, 0.1) is 0 Å². The number of aliphatic hydroxyl groups is 1. The first kappa shape index (κ1) is 16.1. The van der Waals surface area contributed by atoms with E-state index in [1.165, 1.54) is 24.3 Å². The zero-order chi connectivity index (χ0) is 15.0. The van der Waals surface area contributed by atoms with Crippen LogP contribution in [0.1, 0.15) is 12.6 Å². The number of amides is 1. The number of esters is 1. The molecule has 1 heterocycles. The van der Waals surface area contributed by atoms with Gasteiger partial charge in [-0.25, -0.2) is 9.78 Å². The van der Waals surface area contributed by atoms with Crippen molar-refractivity contribution in [1.82, 2.24) is 4.98 Å². The number of nitrogens with one attached hydrogen (secondary N) is 1. The molecular formula is C12H16N2O5S. The van der Waals surface area contributed by atoms with E-state index in [2.05, 4.69) is 21.6 Å². The number of rotatable bonds is 7. The molecule has 1 rings (SSSR count). The summed E-state index contributed by atoms with van der Waals surface area (Å²) in [5, 5.41) is 14.1. The maximum absolute atomic E-state index is 11.3. The van der Waals surface area contributed by atoms with Crippen molar-refractivity contribution in [1.29, 1.82) is 0 Å². The Bertz CT molecular complexity index is 474. The van der Waals surface area contributed by atoms with E-state index in [1.807, 2.05) is 0 Å². The normalized spacial score (nSPS) is 11.5. The summed E-state index contributed by atoms with van der Waals surface area (Å²) in [6, 6.07) is 0. The molecule has 8 heteroatoms. The SMILES string of the molecule is C=CCOC(=O)Nc1nc(CC(O)COC(C)=O)cs1. The van der Waals surface area contributed by atoms with Gasteiger partial charge in [0.25, 0.3) is 0 Å². The molecule has 1 unspecified atom stereocenters.